The molecule has 0 aliphatic heterocycles. The molecule has 0 aliphatic rings. The van der Waals surface area contributed by atoms with Gasteiger partial charge in [-0.05, 0) is 45.8 Å². The summed E-state index contributed by atoms with van der Waals surface area (Å²) in [5, 5.41) is 11.9. The van der Waals surface area contributed by atoms with E-state index in [2.05, 4.69) is 33.4 Å². The second-order valence-electron chi connectivity index (χ2n) is 3.90. The average Bonchev–Trinajstić information content (AvgIpc) is 2.83. The highest BCUT2D eigenvalue weighted by Crippen LogP contribution is 2.22. The van der Waals surface area contributed by atoms with E-state index in [4.69, 9.17) is 10.00 Å². The van der Waals surface area contributed by atoms with E-state index in [0.717, 1.165) is 28.2 Å². The Bertz CT molecular complexity index is 577. The van der Waals surface area contributed by atoms with Gasteiger partial charge in [-0.3, -0.25) is 0 Å². The van der Waals surface area contributed by atoms with Gasteiger partial charge in [-0.25, -0.2) is 0 Å². The Morgan fingerprint density at radius 3 is 2.89 bits per heavy atom. The molecule has 0 atom stereocenters. The maximum Gasteiger partial charge on any atom is 0.174 e. The predicted molar refractivity (Wildman–Crippen MR) is 80.1 cm³/mol. The summed E-state index contributed by atoms with van der Waals surface area (Å²) in [6, 6.07) is 13.9. The van der Waals surface area contributed by atoms with Crippen molar-refractivity contribution in [3.63, 3.8) is 0 Å². The molecule has 0 saturated heterocycles. The van der Waals surface area contributed by atoms with Crippen molar-refractivity contribution < 1.29 is 4.74 Å². The zero-order valence-electron chi connectivity index (χ0n) is 10.2. The van der Waals surface area contributed by atoms with Gasteiger partial charge in [-0.2, -0.15) is 5.26 Å². The summed E-state index contributed by atoms with van der Waals surface area (Å²) in [6.07, 6.45) is 0. The topological polar surface area (TPSA) is 45.0 Å². The average molecular weight is 337 g/mol. The lowest BCUT2D eigenvalue weighted by Crippen LogP contribution is -2.11. The number of nitriles is 1. The fourth-order valence-corrected chi connectivity index (χ4v) is 3.09. The van der Waals surface area contributed by atoms with Crippen LogP contribution in [-0.4, -0.2) is 6.61 Å². The molecule has 0 saturated carbocycles. The largest absolute Gasteiger partial charge is 0.479 e. The number of halogens is 1. The number of nitrogens with one attached hydrogen (secondary N) is 1. The quantitative estimate of drug-likeness (QED) is 0.874. The molecule has 0 unspecified atom stereocenters. The molecule has 19 heavy (non-hydrogen) atoms. The lowest BCUT2D eigenvalue weighted by Gasteiger charge is -2.06. The Morgan fingerprint density at radius 2 is 2.16 bits per heavy atom. The van der Waals surface area contributed by atoms with Crippen LogP contribution in [-0.2, 0) is 13.1 Å². The summed E-state index contributed by atoms with van der Waals surface area (Å²) in [6.45, 7) is 1.71. The van der Waals surface area contributed by atoms with Crippen molar-refractivity contribution in [2.24, 2.45) is 0 Å². The van der Waals surface area contributed by atoms with Gasteiger partial charge in [0.1, 0.15) is 11.8 Å². The van der Waals surface area contributed by atoms with Crippen LogP contribution in [0.4, 0.5) is 0 Å². The summed E-state index contributed by atoms with van der Waals surface area (Å²) in [5.74, 6) is 0.736. The standard InChI is InChI=1S/C14H13BrN2OS/c15-14-5-4-13(19-14)10-17-9-11-2-1-3-12(8-11)18-7-6-16/h1-5,8,17H,7,9-10H2. The third kappa shape index (κ3) is 4.67. The van der Waals surface area contributed by atoms with E-state index in [0.29, 0.717) is 0 Å². The van der Waals surface area contributed by atoms with Crippen LogP contribution in [0.5, 0.6) is 5.75 Å². The van der Waals surface area contributed by atoms with Gasteiger partial charge < -0.3 is 10.1 Å². The summed E-state index contributed by atoms with van der Waals surface area (Å²) in [4.78, 5) is 1.30. The van der Waals surface area contributed by atoms with Crippen LogP contribution >= 0.6 is 27.3 Å². The molecule has 0 amide bonds. The van der Waals surface area contributed by atoms with E-state index in [1.54, 1.807) is 11.3 Å². The fraction of sp³-hybridized carbons (Fsp3) is 0.214. The van der Waals surface area contributed by atoms with Gasteiger partial charge in [-0.15, -0.1) is 11.3 Å². The van der Waals surface area contributed by atoms with E-state index < -0.39 is 0 Å². The van der Waals surface area contributed by atoms with E-state index >= 15 is 0 Å². The molecule has 0 spiro atoms. The van der Waals surface area contributed by atoms with E-state index in [1.165, 1.54) is 4.88 Å². The zero-order valence-corrected chi connectivity index (χ0v) is 12.6. The first kappa shape index (κ1) is 14.1. The monoisotopic (exact) mass is 336 g/mol. The first-order chi connectivity index (χ1) is 9.28. The molecule has 2 aromatic rings. The van der Waals surface area contributed by atoms with E-state index in [1.807, 2.05) is 30.3 Å². The summed E-state index contributed by atoms with van der Waals surface area (Å²) < 4.78 is 6.42. The Labute approximate surface area is 125 Å². The minimum atomic E-state index is 0.0834. The minimum absolute atomic E-state index is 0.0834. The number of hydrogen-bond donors (Lipinski definition) is 1. The second kappa shape index (κ2) is 7.29. The number of nitrogens with zero attached hydrogens (tertiary/aromatic N) is 1. The Kier molecular flexibility index (Phi) is 5.40. The normalized spacial score (nSPS) is 10.1. The molecule has 0 fully saturated rings. The fourth-order valence-electron chi connectivity index (χ4n) is 1.64. The maximum atomic E-state index is 8.48. The highest BCUT2D eigenvalue weighted by Gasteiger charge is 1.99. The molecule has 5 heteroatoms. The SMILES string of the molecule is N#CCOc1cccc(CNCc2ccc(Br)s2)c1. The molecule has 0 aliphatic carbocycles. The third-order valence-corrected chi connectivity index (χ3v) is 4.08. The van der Waals surface area contributed by atoms with Crippen LogP contribution in [0.25, 0.3) is 0 Å². The van der Waals surface area contributed by atoms with Crippen molar-refractivity contribution in [2.45, 2.75) is 13.1 Å². The predicted octanol–water partition coefficient (Wildman–Crippen LogP) is 3.70. The van der Waals surface area contributed by atoms with Crippen molar-refractivity contribution in [3.8, 4) is 11.8 Å². The van der Waals surface area contributed by atoms with Crippen LogP contribution in [0, 0.1) is 11.3 Å². The molecule has 1 heterocycles. The van der Waals surface area contributed by atoms with Gasteiger partial charge >= 0.3 is 0 Å². The van der Waals surface area contributed by atoms with Crippen molar-refractivity contribution >= 4 is 27.3 Å². The lowest BCUT2D eigenvalue weighted by molar-refractivity contribution is 0.367. The van der Waals surface area contributed by atoms with Crippen LogP contribution in [0.3, 0.4) is 0 Å². The van der Waals surface area contributed by atoms with Crippen LogP contribution in [0.15, 0.2) is 40.2 Å². The van der Waals surface area contributed by atoms with Gasteiger partial charge in [0, 0.05) is 18.0 Å². The molecule has 0 bridgehead atoms. The van der Waals surface area contributed by atoms with E-state index in [-0.39, 0.29) is 6.61 Å². The summed E-state index contributed by atoms with van der Waals surface area (Å²) in [5.41, 5.74) is 1.14. The Hall–Kier alpha value is -1.35. The molecule has 0 radical (unpaired) electrons. The molecular weight excluding hydrogens is 324 g/mol. The molecule has 1 N–H and O–H groups in total. The molecule has 1 aromatic carbocycles. The lowest BCUT2D eigenvalue weighted by atomic mass is 10.2. The van der Waals surface area contributed by atoms with Crippen molar-refractivity contribution in [1.82, 2.24) is 5.32 Å². The van der Waals surface area contributed by atoms with Crippen LogP contribution in [0.1, 0.15) is 10.4 Å². The molecule has 1 aromatic heterocycles. The van der Waals surface area contributed by atoms with E-state index in [9.17, 15) is 0 Å². The highest BCUT2D eigenvalue weighted by atomic mass is 79.9. The number of hydrogen-bond acceptors (Lipinski definition) is 4. The summed E-state index contributed by atoms with van der Waals surface area (Å²) >= 11 is 5.18. The summed E-state index contributed by atoms with van der Waals surface area (Å²) in [7, 11) is 0. The smallest absolute Gasteiger partial charge is 0.174 e. The van der Waals surface area contributed by atoms with Gasteiger partial charge in [0.2, 0.25) is 0 Å². The minimum Gasteiger partial charge on any atom is -0.479 e. The number of benzene rings is 1. The molecule has 2 rings (SSSR count). The van der Waals surface area contributed by atoms with Gasteiger partial charge in [0.25, 0.3) is 0 Å². The van der Waals surface area contributed by atoms with Crippen molar-refractivity contribution in [3.05, 3.63) is 50.6 Å². The van der Waals surface area contributed by atoms with Crippen LogP contribution < -0.4 is 10.1 Å². The Balaban J connectivity index is 1.84. The number of ether oxygens (including phenoxy) is 1. The van der Waals surface area contributed by atoms with Crippen molar-refractivity contribution in [2.75, 3.05) is 6.61 Å². The molecular formula is C14H13BrN2OS. The van der Waals surface area contributed by atoms with Crippen LogP contribution in [0.2, 0.25) is 0 Å². The van der Waals surface area contributed by atoms with Gasteiger partial charge in [0.15, 0.2) is 6.61 Å². The second-order valence-corrected chi connectivity index (χ2v) is 6.45. The zero-order chi connectivity index (χ0) is 13.5. The van der Waals surface area contributed by atoms with Gasteiger partial charge in [0.05, 0.1) is 3.79 Å². The highest BCUT2D eigenvalue weighted by molar-refractivity contribution is 9.11. The first-order valence-corrected chi connectivity index (χ1v) is 7.42. The van der Waals surface area contributed by atoms with Crippen molar-refractivity contribution in [1.29, 1.82) is 5.26 Å². The van der Waals surface area contributed by atoms with Gasteiger partial charge in [-0.1, -0.05) is 12.1 Å². The first-order valence-electron chi connectivity index (χ1n) is 5.81. The molecule has 3 nitrogen and oxygen atoms in total. The Morgan fingerprint density at radius 1 is 1.26 bits per heavy atom. The number of thiophene rings is 1. The number of rotatable bonds is 6. The third-order valence-electron chi connectivity index (χ3n) is 2.46. The molecule has 98 valence electrons. The maximum absolute atomic E-state index is 8.48.